The second-order valence-electron chi connectivity index (χ2n) is 6.16. The van der Waals surface area contributed by atoms with Crippen LogP contribution in [0.15, 0.2) is 35.2 Å². The molecule has 4 rings (SSSR count). The van der Waals surface area contributed by atoms with Gasteiger partial charge >= 0.3 is 0 Å². The van der Waals surface area contributed by atoms with Gasteiger partial charge in [-0.2, -0.15) is 0 Å². The summed E-state index contributed by atoms with van der Waals surface area (Å²) in [5.41, 5.74) is 7.78. The zero-order valence-electron chi connectivity index (χ0n) is 15.7. The third kappa shape index (κ3) is 4.40. The molecule has 1 fully saturated rings. The van der Waals surface area contributed by atoms with Crippen molar-refractivity contribution in [1.29, 1.82) is 0 Å². The Bertz CT molecular complexity index is 951. The zero-order valence-corrected chi connectivity index (χ0v) is 16.5. The first-order chi connectivity index (χ1) is 13.1. The van der Waals surface area contributed by atoms with Crippen LogP contribution in [0.25, 0.3) is 11.2 Å². The van der Waals surface area contributed by atoms with Gasteiger partial charge in [0, 0.05) is 16.9 Å². The third-order valence-corrected chi connectivity index (χ3v) is 4.95. The number of amides is 1. The molecule has 0 atom stereocenters. The van der Waals surface area contributed by atoms with Gasteiger partial charge in [-0.25, -0.2) is 9.97 Å². The Morgan fingerprint density at radius 1 is 1.22 bits per heavy atom. The van der Waals surface area contributed by atoms with Gasteiger partial charge in [0.05, 0.1) is 11.4 Å². The van der Waals surface area contributed by atoms with Crippen molar-refractivity contribution in [2.45, 2.75) is 24.7 Å². The Labute approximate surface area is 162 Å². The van der Waals surface area contributed by atoms with Crippen LogP contribution in [-0.2, 0) is 4.79 Å². The minimum Gasteiger partial charge on any atom is -0.353 e. The standard InChI is InChI=1S/C18H19N5OS.CH5N/c1-10-19-16-13(21-12-5-3-4-6-14(12)25-2)9-15(22-17(16)20-10)23-18(24)11-7-8-11;1-2/h3-6,9,11H,7-8H2,1-2H3,(H3,19,20,21,22,23,24);2H2,1H3. The predicted octanol–water partition coefficient (Wildman–Crippen LogP) is 3.66. The number of thioether (sulfide) groups is 1. The number of anilines is 3. The van der Waals surface area contributed by atoms with Crippen LogP contribution in [-0.4, -0.2) is 34.2 Å². The smallest absolute Gasteiger partial charge is 0.228 e. The van der Waals surface area contributed by atoms with Crippen molar-refractivity contribution in [3.63, 3.8) is 0 Å². The summed E-state index contributed by atoms with van der Waals surface area (Å²) in [5.74, 6) is 1.48. The molecule has 142 valence electrons. The molecule has 3 aromatic rings. The van der Waals surface area contributed by atoms with Crippen LogP contribution in [0.1, 0.15) is 18.7 Å². The lowest BCUT2D eigenvalue weighted by Crippen LogP contribution is -2.14. The van der Waals surface area contributed by atoms with Crippen LogP contribution in [0.3, 0.4) is 0 Å². The molecule has 8 heteroatoms. The lowest BCUT2D eigenvalue weighted by Gasteiger charge is -2.12. The summed E-state index contributed by atoms with van der Waals surface area (Å²) in [7, 11) is 1.50. The molecule has 27 heavy (non-hydrogen) atoms. The number of nitrogens with two attached hydrogens (primary N) is 1. The predicted molar refractivity (Wildman–Crippen MR) is 112 cm³/mol. The highest BCUT2D eigenvalue weighted by Crippen LogP contribution is 2.33. The molecule has 1 saturated carbocycles. The molecule has 5 N–H and O–H groups in total. The van der Waals surface area contributed by atoms with E-state index in [4.69, 9.17) is 0 Å². The SMILES string of the molecule is CN.CSc1ccccc1Nc1cc(NC(=O)C2CC2)nc2nc(C)[nH]c12. The number of hydrogen-bond acceptors (Lipinski definition) is 6. The number of nitrogens with one attached hydrogen (secondary N) is 3. The van der Waals surface area contributed by atoms with E-state index in [0.717, 1.165) is 40.5 Å². The topological polar surface area (TPSA) is 109 Å². The number of carbonyl (C=O) groups is 1. The van der Waals surface area contributed by atoms with E-state index in [9.17, 15) is 4.79 Å². The van der Waals surface area contributed by atoms with Crippen LogP contribution in [0.2, 0.25) is 0 Å². The highest BCUT2D eigenvalue weighted by Gasteiger charge is 2.30. The van der Waals surface area contributed by atoms with Crippen LogP contribution in [0.4, 0.5) is 17.2 Å². The third-order valence-electron chi connectivity index (χ3n) is 4.16. The Morgan fingerprint density at radius 2 is 1.96 bits per heavy atom. The van der Waals surface area contributed by atoms with Gasteiger partial charge in [0.2, 0.25) is 5.91 Å². The average Bonchev–Trinajstić information content (AvgIpc) is 3.46. The number of aryl methyl sites for hydroxylation is 1. The first kappa shape index (κ1) is 19.2. The van der Waals surface area contributed by atoms with Gasteiger partial charge in [-0.3, -0.25) is 4.79 Å². The fraction of sp³-hybridized carbons (Fsp3) is 0.316. The van der Waals surface area contributed by atoms with Crippen molar-refractivity contribution in [1.82, 2.24) is 15.0 Å². The Kier molecular flexibility index (Phi) is 5.98. The van der Waals surface area contributed by atoms with Crippen molar-refractivity contribution in [2.75, 3.05) is 23.9 Å². The van der Waals surface area contributed by atoms with Gasteiger partial charge in [-0.1, -0.05) is 12.1 Å². The van der Waals surface area contributed by atoms with E-state index >= 15 is 0 Å². The van der Waals surface area contributed by atoms with E-state index in [0.29, 0.717) is 11.5 Å². The molecule has 7 nitrogen and oxygen atoms in total. The van der Waals surface area contributed by atoms with Crippen molar-refractivity contribution in [3.8, 4) is 0 Å². The highest BCUT2D eigenvalue weighted by molar-refractivity contribution is 7.98. The van der Waals surface area contributed by atoms with Gasteiger partial charge < -0.3 is 21.4 Å². The number of para-hydroxylation sites is 1. The number of hydrogen-bond donors (Lipinski definition) is 4. The molecule has 0 saturated heterocycles. The number of pyridine rings is 1. The number of benzene rings is 1. The summed E-state index contributed by atoms with van der Waals surface area (Å²) in [4.78, 5) is 25.4. The first-order valence-electron chi connectivity index (χ1n) is 8.80. The van der Waals surface area contributed by atoms with Crippen molar-refractivity contribution in [2.24, 2.45) is 11.7 Å². The lowest BCUT2D eigenvalue weighted by molar-refractivity contribution is -0.117. The molecule has 0 unspecified atom stereocenters. The second kappa shape index (κ2) is 8.41. The lowest BCUT2D eigenvalue weighted by atomic mass is 10.2. The van der Waals surface area contributed by atoms with Gasteiger partial charge in [-0.05, 0) is 45.2 Å². The second-order valence-corrected chi connectivity index (χ2v) is 7.01. The summed E-state index contributed by atoms with van der Waals surface area (Å²) < 4.78 is 0. The molecule has 0 radical (unpaired) electrons. The number of H-pyrrole nitrogens is 1. The summed E-state index contributed by atoms with van der Waals surface area (Å²) in [6.07, 6.45) is 3.97. The molecular weight excluding hydrogens is 360 g/mol. The van der Waals surface area contributed by atoms with Gasteiger partial charge in [0.15, 0.2) is 5.65 Å². The number of imidazole rings is 1. The number of fused-ring (bicyclic) bond motifs is 1. The highest BCUT2D eigenvalue weighted by atomic mass is 32.2. The first-order valence-corrected chi connectivity index (χ1v) is 10.0. The Hall–Kier alpha value is -2.58. The van der Waals surface area contributed by atoms with E-state index in [2.05, 4.69) is 37.4 Å². The maximum absolute atomic E-state index is 12.1. The van der Waals surface area contributed by atoms with Crippen molar-refractivity contribution in [3.05, 3.63) is 36.2 Å². The monoisotopic (exact) mass is 384 g/mol. The molecule has 1 aliphatic carbocycles. The summed E-state index contributed by atoms with van der Waals surface area (Å²) in [6, 6.07) is 9.97. The average molecular weight is 385 g/mol. The van der Waals surface area contributed by atoms with E-state index in [-0.39, 0.29) is 11.8 Å². The molecule has 1 aromatic carbocycles. The molecule has 0 spiro atoms. The maximum atomic E-state index is 12.1. The number of carbonyl (C=O) groups excluding carboxylic acids is 1. The molecular formula is C19H24N6OS. The van der Waals surface area contributed by atoms with Crippen molar-refractivity contribution < 1.29 is 4.79 Å². The molecule has 0 aliphatic heterocycles. The number of rotatable bonds is 5. The Balaban J connectivity index is 0.00000102. The number of nitrogens with zero attached hydrogens (tertiary/aromatic N) is 2. The number of aromatic amines is 1. The molecule has 2 aromatic heterocycles. The maximum Gasteiger partial charge on any atom is 0.228 e. The fourth-order valence-electron chi connectivity index (χ4n) is 2.73. The van der Waals surface area contributed by atoms with Gasteiger partial charge in [-0.15, -0.1) is 11.8 Å². The summed E-state index contributed by atoms with van der Waals surface area (Å²) in [6.45, 7) is 1.89. The molecule has 0 bridgehead atoms. The molecule has 1 aliphatic rings. The largest absolute Gasteiger partial charge is 0.353 e. The van der Waals surface area contributed by atoms with Crippen LogP contribution < -0.4 is 16.4 Å². The molecule has 2 heterocycles. The van der Waals surface area contributed by atoms with Gasteiger partial charge in [0.1, 0.15) is 17.2 Å². The van der Waals surface area contributed by atoms with Crippen molar-refractivity contribution >= 4 is 46.0 Å². The normalized spacial score (nSPS) is 13.0. The van der Waals surface area contributed by atoms with Gasteiger partial charge in [0.25, 0.3) is 0 Å². The summed E-state index contributed by atoms with van der Waals surface area (Å²) >= 11 is 1.68. The van der Waals surface area contributed by atoms with Crippen LogP contribution in [0.5, 0.6) is 0 Å². The van der Waals surface area contributed by atoms with E-state index < -0.39 is 0 Å². The molecule has 1 amide bonds. The fourth-order valence-corrected chi connectivity index (χ4v) is 3.29. The summed E-state index contributed by atoms with van der Waals surface area (Å²) in [5, 5.41) is 6.37. The quantitative estimate of drug-likeness (QED) is 0.500. The van der Waals surface area contributed by atoms with Crippen LogP contribution >= 0.6 is 11.8 Å². The zero-order chi connectivity index (χ0) is 19.4. The minimum atomic E-state index is 0.0366. The number of aromatic nitrogens is 3. The Morgan fingerprint density at radius 3 is 2.67 bits per heavy atom. The van der Waals surface area contributed by atoms with E-state index in [1.165, 1.54) is 7.05 Å². The van der Waals surface area contributed by atoms with E-state index in [1.807, 2.05) is 37.4 Å². The minimum absolute atomic E-state index is 0.0366. The van der Waals surface area contributed by atoms with Crippen LogP contribution in [0, 0.1) is 12.8 Å². The van der Waals surface area contributed by atoms with E-state index in [1.54, 1.807) is 11.8 Å².